The van der Waals surface area contributed by atoms with E-state index < -0.39 is 62.6 Å². The number of hydrogen-bond donors (Lipinski definition) is 1. The van der Waals surface area contributed by atoms with Crippen LogP contribution in [0.4, 0.5) is 37.7 Å². The number of carboxylic acid groups (broad SMARTS) is 1. The van der Waals surface area contributed by atoms with Gasteiger partial charge in [0.15, 0.2) is 0 Å². The van der Waals surface area contributed by atoms with Gasteiger partial charge in [-0.15, -0.1) is 0 Å². The van der Waals surface area contributed by atoms with Crippen LogP contribution in [0.3, 0.4) is 0 Å². The Hall–Kier alpha value is -4.18. The minimum absolute atomic E-state index is 0.0269. The van der Waals surface area contributed by atoms with Crippen LogP contribution in [0.5, 0.6) is 11.5 Å². The first-order valence-electron chi connectivity index (χ1n) is 13.8. The Morgan fingerprint density at radius 3 is 2.30 bits per heavy atom. The lowest BCUT2D eigenvalue weighted by atomic mass is 9.81. The number of sulfonamides is 1. The number of alkyl halides is 6. The number of ether oxygens (including phenoxy) is 3. The van der Waals surface area contributed by atoms with E-state index in [-0.39, 0.29) is 48.7 Å². The Balaban J connectivity index is 1.53. The Morgan fingerprint density at radius 1 is 1.00 bits per heavy atom. The molecule has 0 aromatic heterocycles. The summed E-state index contributed by atoms with van der Waals surface area (Å²) in [5.74, 6) is -1.15. The maximum Gasteiger partial charge on any atom is 0.416 e. The van der Waals surface area contributed by atoms with Crippen molar-refractivity contribution in [1.29, 1.82) is 0 Å². The standard InChI is InChI=1S/C30H28F6N2O7S/c1-43-25-8-4-7-22(30(34,35)36)27(25)28(44-2)16-37(17-28)19-9-11-24-23(14-19)38(15-20(45-24)10-12-26(39)40)46(41,42)21-6-3-5-18(13-21)29(31,32)33/h3-9,11,13-14,20H,10,12,15-17H2,1-2H3,(H,39,40)/t20-/m1/s1. The molecule has 9 nitrogen and oxygen atoms in total. The van der Waals surface area contributed by atoms with Gasteiger partial charge in [0.05, 0.1) is 48.5 Å². The quantitative estimate of drug-likeness (QED) is 0.279. The van der Waals surface area contributed by atoms with Crippen molar-refractivity contribution in [3.63, 3.8) is 0 Å². The zero-order chi connectivity index (χ0) is 33.7. The summed E-state index contributed by atoms with van der Waals surface area (Å²) in [5, 5.41) is 9.14. The van der Waals surface area contributed by atoms with E-state index in [1.165, 1.54) is 38.5 Å². The van der Waals surface area contributed by atoms with Crippen molar-refractivity contribution in [3.05, 3.63) is 77.4 Å². The van der Waals surface area contributed by atoms with E-state index in [0.717, 1.165) is 28.6 Å². The molecule has 0 bridgehead atoms. The average molecular weight is 675 g/mol. The molecule has 1 saturated heterocycles. The first-order chi connectivity index (χ1) is 21.5. The van der Waals surface area contributed by atoms with Gasteiger partial charge in [0, 0.05) is 24.8 Å². The van der Waals surface area contributed by atoms with Gasteiger partial charge in [-0.25, -0.2) is 8.42 Å². The summed E-state index contributed by atoms with van der Waals surface area (Å²) in [6, 6.07) is 11.1. The van der Waals surface area contributed by atoms with Crippen LogP contribution in [-0.4, -0.2) is 59.5 Å². The van der Waals surface area contributed by atoms with Crippen LogP contribution in [0.1, 0.15) is 29.5 Å². The van der Waals surface area contributed by atoms with Gasteiger partial charge in [-0.1, -0.05) is 12.1 Å². The van der Waals surface area contributed by atoms with E-state index in [2.05, 4.69) is 0 Å². The van der Waals surface area contributed by atoms with Gasteiger partial charge >= 0.3 is 18.3 Å². The smallest absolute Gasteiger partial charge is 0.416 e. The highest BCUT2D eigenvalue weighted by molar-refractivity contribution is 7.92. The van der Waals surface area contributed by atoms with Gasteiger partial charge in [-0.2, -0.15) is 26.3 Å². The van der Waals surface area contributed by atoms with Gasteiger partial charge in [0.2, 0.25) is 0 Å². The van der Waals surface area contributed by atoms with E-state index in [9.17, 15) is 39.6 Å². The number of fused-ring (bicyclic) bond motifs is 1. The molecule has 0 radical (unpaired) electrons. The lowest BCUT2D eigenvalue weighted by Crippen LogP contribution is -2.61. The van der Waals surface area contributed by atoms with Gasteiger partial charge < -0.3 is 24.2 Å². The second kappa shape index (κ2) is 11.9. The Morgan fingerprint density at radius 2 is 1.70 bits per heavy atom. The monoisotopic (exact) mass is 674 g/mol. The first-order valence-corrected chi connectivity index (χ1v) is 15.2. The second-order valence-electron chi connectivity index (χ2n) is 10.8. The van der Waals surface area contributed by atoms with E-state index in [1.54, 1.807) is 11.0 Å². The molecule has 0 spiro atoms. The van der Waals surface area contributed by atoms with E-state index in [4.69, 9.17) is 19.3 Å². The van der Waals surface area contributed by atoms with Crippen molar-refractivity contribution in [2.24, 2.45) is 0 Å². The molecule has 2 aliphatic heterocycles. The number of nitrogens with zero attached hydrogens (tertiary/aromatic N) is 2. The lowest BCUT2D eigenvalue weighted by molar-refractivity contribution is -0.142. The van der Waals surface area contributed by atoms with Crippen LogP contribution in [0, 0.1) is 0 Å². The molecule has 1 fully saturated rings. The molecule has 16 heteroatoms. The molecule has 1 atom stereocenters. The summed E-state index contributed by atoms with van der Waals surface area (Å²) in [6.07, 6.45) is -10.9. The van der Waals surface area contributed by atoms with Crippen molar-refractivity contribution in [3.8, 4) is 11.5 Å². The fourth-order valence-corrected chi connectivity index (χ4v) is 7.21. The normalized spacial score (nSPS) is 18.0. The summed E-state index contributed by atoms with van der Waals surface area (Å²) in [4.78, 5) is 12.2. The zero-order valence-electron chi connectivity index (χ0n) is 24.4. The number of benzene rings is 3. The van der Waals surface area contributed by atoms with Gasteiger partial charge in [0.1, 0.15) is 23.2 Å². The third-order valence-electron chi connectivity index (χ3n) is 7.96. The van der Waals surface area contributed by atoms with Crippen LogP contribution in [0.15, 0.2) is 65.6 Å². The molecular weight excluding hydrogens is 646 g/mol. The van der Waals surface area contributed by atoms with Crippen LogP contribution >= 0.6 is 0 Å². The van der Waals surface area contributed by atoms with Crippen molar-refractivity contribution < 1.29 is 58.9 Å². The Bertz CT molecular complexity index is 1740. The van der Waals surface area contributed by atoms with Crippen LogP contribution in [0.2, 0.25) is 0 Å². The van der Waals surface area contributed by atoms with Crippen LogP contribution in [0.25, 0.3) is 0 Å². The van der Waals surface area contributed by atoms with Crippen molar-refractivity contribution >= 4 is 27.4 Å². The number of halogens is 6. The van der Waals surface area contributed by atoms with E-state index >= 15 is 0 Å². The fourth-order valence-electron chi connectivity index (χ4n) is 5.67. The molecule has 0 aliphatic carbocycles. The largest absolute Gasteiger partial charge is 0.496 e. The molecule has 1 N–H and O–H groups in total. The van der Waals surface area contributed by atoms with Crippen LogP contribution < -0.4 is 18.7 Å². The van der Waals surface area contributed by atoms with Crippen molar-refractivity contribution in [2.75, 3.05) is 43.1 Å². The average Bonchev–Trinajstić information content (AvgIpc) is 2.98. The number of hydrogen-bond acceptors (Lipinski definition) is 7. The molecular formula is C30H28F6N2O7S. The highest BCUT2D eigenvalue weighted by Gasteiger charge is 2.52. The number of carboxylic acids is 1. The molecule has 0 amide bonds. The minimum Gasteiger partial charge on any atom is -0.496 e. The lowest BCUT2D eigenvalue weighted by Gasteiger charge is -2.51. The molecule has 2 aliphatic rings. The maximum atomic E-state index is 14.0. The molecule has 248 valence electrons. The van der Waals surface area contributed by atoms with Crippen LogP contribution in [-0.2, 0) is 37.5 Å². The van der Waals surface area contributed by atoms with Gasteiger partial charge in [-0.05, 0) is 55.0 Å². The van der Waals surface area contributed by atoms with Gasteiger partial charge in [-0.3, -0.25) is 9.10 Å². The predicted molar refractivity (Wildman–Crippen MR) is 153 cm³/mol. The molecule has 3 aromatic rings. The summed E-state index contributed by atoms with van der Waals surface area (Å²) >= 11 is 0. The molecule has 0 unspecified atom stereocenters. The summed E-state index contributed by atoms with van der Waals surface area (Å²) in [5.41, 5.74) is -3.42. The summed E-state index contributed by atoms with van der Waals surface area (Å²) in [6.45, 7) is -0.580. The number of rotatable bonds is 9. The Kier molecular flexibility index (Phi) is 8.57. The Labute approximate surface area is 259 Å². The molecule has 3 aromatic carbocycles. The fraction of sp³-hybridized carbons (Fsp3) is 0.367. The highest BCUT2D eigenvalue weighted by Crippen LogP contribution is 2.49. The molecule has 46 heavy (non-hydrogen) atoms. The summed E-state index contributed by atoms with van der Waals surface area (Å²) in [7, 11) is -2.13. The van der Waals surface area contributed by atoms with Gasteiger partial charge in [0.25, 0.3) is 10.0 Å². The number of methoxy groups -OCH3 is 2. The summed E-state index contributed by atoms with van der Waals surface area (Å²) < 4.78 is 128. The third-order valence-corrected chi connectivity index (χ3v) is 9.74. The number of aliphatic carboxylic acids is 1. The first kappa shape index (κ1) is 33.2. The molecule has 2 heterocycles. The van der Waals surface area contributed by atoms with Crippen molar-refractivity contribution in [1.82, 2.24) is 0 Å². The zero-order valence-corrected chi connectivity index (χ0v) is 25.2. The molecule has 0 saturated carbocycles. The predicted octanol–water partition coefficient (Wildman–Crippen LogP) is 5.92. The minimum atomic E-state index is -4.82. The number of anilines is 2. The molecule has 5 rings (SSSR count). The number of carbonyl (C=O) groups is 1. The maximum absolute atomic E-state index is 14.0. The van der Waals surface area contributed by atoms with E-state index in [0.29, 0.717) is 11.8 Å². The highest BCUT2D eigenvalue weighted by atomic mass is 32.2. The second-order valence-corrected chi connectivity index (χ2v) is 12.7. The van der Waals surface area contributed by atoms with E-state index in [1.807, 2.05) is 0 Å². The third kappa shape index (κ3) is 6.15. The SMILES string of the molecule is COc1cccc(C(F)(F)F)c1C1(OC)CN(c2ccc3c(c2)N(S(=O)(=O)c2cccc(C(F)(F)F)c2)C[C@@H](CCC(=O)O)O3)C1. The van der Waals surface area contributed by atoms with Crippen molar-refractivity contribution in [2.45, 2.75) is 41.8 Å². The topological polar surface area (TPSA) is 106 Å².